The quantitative estimate of drug-likeness (QED) is 0.576. The van der Waals surface area contributed by atoms with Gasteiger partial charge in [0.05, 0.1) is 6.54 Å². The lowest BCUT2D eigenvalue weighted by molar-refractivity contribution is -0.133. The molecule has 0 aromatic heterocycles. The maximum absolute atomic E-state index is 12.2. The van der Waals surface area contributed by atoms with Crippen molar-refractivity contribution in [2.45, 2.75) is 6.04 Å². The maximum atomic E-state index is 12.2. The standard InChI is InChI=1S/C13H22N4O2/c1-3-6-16(7-4-2)12(18)10-17-8-5-15-9-11(17)13(14)19/h3-4,11,15H,1-2,5-10H2,(H2,14,19). The van der Waals surface area contributed by atoms with Crippen LogP contribution in [0.25, 0.3) is 0 Å². The number of primary amides is 1. The van der Waals surface area contributed by atoms with E-state index in [9.17, 15) is 9.59 Å². The Morgan fingerprint density at radius 2 is 2.00 bits per heavy atom. The molecule has 19 heavy (non-hydrogen) atoms. The highest BCUT2D eigenvalue weighted by molar-refractivity contribution is 5.83. The van der Waals surface area contributed by atoms with Crippen molar-refractivity contribution in [3.8, 4) is 0 Å². The first kappa shape index (κ1) is 15.4. The SMILES string of the molecule is C=CCN(CC=C)C(=O)CN1CCNCC1C(N)=O. The molecule has 0 aromatic rings. The van der Waals surface area contributed by atoms with Crippen molar-refractivity contribution in [3.63, 3.8) is 0 Å². The first-order valence-corrected chi connectivity index (χ1v) is 6.33. The largest absolute Gasteiger partial charge is 0.368 e. The molecule has 1 heterocycles. The summed E-state index contributed by atoms with van der Waals surface area (Å²) in [7, 11) is 0. The van der Waals surface area contributed by atoms with Crippen molar-refractivity contribution in [2.75, 3.05) is 39.3 Å². The van der Waals surface area contributed by atoms with Gasteiger partial charge in [-0.15, -0.1) is 13.2 Å². The second-order valence-electron chi connectivity index (χ2n) is 4.47. The molecule has 0 saturated carbocycles. The maximum Gasteiger partial charge on any atom is 0.237 e. The van der Waals surface area contributed by atoms with E-state index >= 15 is 0 Å². The highest BCUT2D eigenvalue weighted by Gasteiger charge is 2.29. The molecule has 1 aliphatic rings. The zero-order valence-corrected chi connectivity index (χ0v) is 11.2. The smallest absolute Gasteiger partial charge is 0.237 e. The topological polar surface area (TPSA) is 78.7 Å². The number of nitrogens with one attached hydrogen (secondary N) is 1. The Morgan fingerprint density at radius 1 is 1.37 bits per heavy atom. The van der Waals surface area contributed by atoms with Gasteiger partial charge in [0.2, 0.25) is 11.8 Å². The van der Waals surface area contributed by atoms with Gasteiger partial charge in [0.15, 0.2) is 0 Å². The molecule has 0 aromatic carbocycles. The number of rotatable bonds is 7. The monoisotopic (exact) mass is 266 g/mol. The summed E-state index contributed by atoms with van der Waals surface area (Å²) >= 11 is 0. The van der Waals surface area contributed by atoms with Crippen LogP contribution in [-0.4, -0.2) is 66.9 Å². The van der Waals surface area contributed by atoms with Crippen molar-refractivity contribution >= 4 is 11.8 Å². The fourth-order valence-electron chi connectivity index (χ4n) is 2.08. The van der Waals surface area contributed by atoms with Gasteiger partial charge in [-0.1, -0.05) is 12.2 Å². The second-order valence-corrected chi connectivity index (χ2v) is 4.47. The van der Waals surface area contributed by atoms with Gasteiger partial charge in [-0.2, -0.15) is 0 Å². The van der Waals surface area contributed by atoms with Crippen LogP contribution in [0, 0.1) is 0 Å². The Balaban J connectivity index is 2.63. The van der Waals surface area contributed by atoms with E-state index in [0.717, 1.165) is 6.54 Å². The van der Waals surface area contributed by atoms with Gasteiger partial charge in [0.25, 0.3) is 0 Å². The Morgan fingerprint density at radius 3 is 2.53 bits per heavy atom. The zero-order valence-electron chi connectivity index (χ0n) is 11.2. The molecule has 0 spiro atoms. The predicted molar refractivity (Wildman–Crippen MR) is 74.4 cm³/mol. The Labute approximate surface area is 113 Å². The van der Waals surface area contributed by atoms with Crippen LogP contribution >= 0.6 is 0 Å². The van der Waals surface area contributed by atoms with Crippen molar-refractivity contribution in [3.05, 3.63) is 25.3 Å². The summed E-state index contributed by atoms with van der Waals surface area (Å²) in [5, 5.41) is 3.10. The first-order chi connectivity index (χ1) is 9.10. The Kier molecular flexibility index (Phi) is 6.24. The first-order valence-electron chi connectivity index (χ1n) is 6.33. The van der Waals surface area contributed by atoms with E-state index in [1.807, 2.05) is 4.90 Å². The number of amides is 2. The van der Waals surface area contributed by atoms with E-state index in [4.69, 9.17) is 5.73 Å². The molecule has 0 bridgehead atoms. The van der Waals surface area contributed by atoms with Crippen molar-refractivity contribution in [2.24, 2.45) is 5.73 Å². The summed E-state index contributed by atoms with van der Waals surface area (Å²) < 4.78 is 0. The molecule has 6 nitrogen and oxygen atoms in total. The molecule has 2 amide bonds. The summed E-state index contributed by atoms with van der Waals surface area (Å²) in [6, 6.07) is -0.424. The minimum absolute atomic E-state index is 0.0482. The minimum Gasteiger partial charge on any atom is -0.368 e. The number of hydrogen-bond acceptors (Lipinski definition) is 4. The summed E-state index contributed by atoms with van der Waals surface area (Å²) in [6.45, 7) is 10.3. The highest BCUT2D eigenvalue weighted by Crippen LogP contribution is 2.04. The average Bonchev–Trinajstić information content (AvgIpc) is 2.38. The van der Waals surface area contributed by atoms with Crippen LogP contribution in [0.5, 0.6) is 0 Å². The molecule has 3 N–H and O–H groups in total. The molecule has 1 saturated heterocycles. The van der Waals surface area contributed by atoms with Crippen LogP contribution < -0.4 is 11.1 Å². The molecule has 1 atom stereocenters. The molecule has 106 valence electrons. The summed E-state index contributed by atoms with van der Waals surface area (Å²) in [6.07, 6.45) is 3.34. The number of carbonyl (C=O) groups excluding carboxylic acids is 2. The van der Waals surface area contributed by atoms with Gasteiger partial charge in [-0.3, -0.25) is 14.5 Å². The molecular formula is C13H22N4O2. The normalized spacial score (nSPS) is 19.7. The highest BCUT2D eigenvalue weighted by atomic mass is 16.2. The van der Waals surface area contributed by atoms with Crippen LogP contribution in [0.15, 0.2) is 25.3 Å². The third-order valence-corrected chi connectivity index (χ3v) is 3.07. The number of nitrogens with two attached hydrogens (primary N) is 1. The lowest BCUT2D eigenvalue weighted by Crippen LogP contribution is -2.59. The van der Waals surface area contributed by atoms with Gasteiger partial charge in [0, 0.05) is 32.7 Å². The second kappa shape index (κ2) is 7.70. The Bertz CT molecular complexity index is 347. The van der Waals surface area contributed by atoms with Crippen molar-refractivity contribution in [1.29, 1.82) is 0 Å². The van der Waals surface area contributed by atoms with E-state index in [1.54, 1.807) is 17.1 Å². The third-order valence-electron chi connectivity index (χ3n) is 3.07. The number of hydrogen-bond donors (Lipinski definition) is 2. The van der Waals surface area contributed by atoms with E-state index in [2.05, 4.69) is 18.5 Å². The Hall–Kier alpha value is -1.66. The predicted octanol–water partition coefficient (Wildman–Crippen LogP) is -1.05. The van der Waals surface area contributed by atoms with Crippen LogP contribution in [0.1, 0.15) is 0 Å². The van der Waals surface area contributed by atoms with Crippen molar-refractivity contribution in [1.82, 2.24) is 15.1 Å². The molecule has 1 aliphatic heterocycles. The summed E-state index contributed by atoms with van der Waals surface area (Å²) in [5.74, 6) is -0.452. The molecule has 0 aliphatic carbocycles. The minimum atomic E-state index is -0.424. The molecule has 1 fully saturated rings. The molecule has 0 radical (unpaired) electrons. The van der Waals surface area contributed by atoms with Gasteiger partial charge in [-0.05, 0) is 0 Å². The van der Waals surface area contributed by atoms with E-state index < -0.39 is 11.9 Å². The van der Waals surface area contributed by atoms with E-state index in [0.29, 0.717) is 26.2 Å². The van der Waals surface area contributed by atoms with Gasteiger partial charge < -0.3 is 16.0 Å². The lowest BCUT2D eigenvalue weighted by atomic mass is 10.2. The zero-order chi connectivity index (χ0) is 14.3. The van der Waals surface area contributed by atoms with Crippen LogP contribution in [0.4, 0.5) is 0 Å². The van der Waals surface area contributed by atoms with Gasteiger partial charge in [-0.25, -0.2) is 0 Å². The summed E-state index contributed by atoms with van der Waals surface area (Å²) in [5.41, 5.74) is 5.35. The fraction of sp³-hybridized carbons (Fsp3) is 0.538. The van der Waals surface area contributed by atoms with Crippen LogP contribution in [-0.2, 0) is 9.59 Å². The molecule has 1 unspecified atom stereocenters. The lowest BCUT2D eigenvalue weighted by Gasteiger charge is -2.34. The number of carbonyl (C=O) groups is 2. The van der Waals surface area contributed by atoms with Gasteiger partial charge in [0.1, 0.15) is 6.04 Å². The fourth-order valence-corrected chi connectivity index (χ4v) is 2.08. The van der Waals surface area contributed by atoms with Crippen molar-refractivity contribution < 1.29 is 9.59 Å². The number of piperazine rings is 1. The van der Waals surface area contributed by atoms with E-state index in [1.165, 1.54) is 0 Å². The number of nitrogens with zero attached hydrogens (tertiary/aromatic N) is 2. The molecular weight excluding hydrogens is 244 g/mol. The average molecular weight is 266 g/mol. The molecule has 1 rings (SSSR count). The van der Waals surface area contributed by atoms with E-state index in [-0.39, 0.29) is 12.5 Å². The third kappa shape index (κ3) is 4.50. The summed E-state index contributed by atoms with van der Waals surface area (Å²) in [4.78, 5) is 27.0. The van der Waals surface area contributed by atoms with Crippen LogP contribution in [0.2, 0.25) is 0 Å². The van der Waals surface area contributed by atoms with Gasteiger partial charge >= 0.3 is 0 Å². The van der Waals surface area contributed by atoms with Crippen LogP contribution in [0.3, 0.4) is 0 Å². The molecule has 6 heteroatoms.